The topological polar surface area (TPSA) is 155 Å². The smallest absolute Gasteiger partial charge is 0.272 e. The number of thiophene rings is 1. The molecular formula is C32H33ClN8O5S. The first kappa shape index (κ1) is 32.1. The van der Waals surface area contributed by atoms with Crippen molar-refractivity contribution in [1.29, 1.82) is 0 Å². The van der Waals surface area contributed by atoms with Gasteiger partial charge in [0.05, 0.1) is 35.3 Å². The lowest BCUT2D eigenvalue weighted by atomic mass is 10.2. The number of carbonyl (C=O) groups excluding carboxylic acids is 4. The highest BCUT2D eigenvalue weighted by Gasteiger charge is 2.20. The standard InChI is InChI=1S/C32H33ClN8O5S/c1-39-18-21(14-24(39)30(43)34-7-8-41-9-11-46-12-10-41)38-31(44)25-15-20(17-40(25)2)37-29(42)23-13-19(16-35-23)36-32(45)28-27(33)22-5-3-4-6-26(22)47-28/h3-6,13-18,35H,7-12H2,1-2H3,(H,34,43)(H,36,45)(H,37,42)(H,38,44). The molecule has 5 aromatic rings. The molecule has 47 heavy (non-hydrogen) atoms. The maximum atomic E-state index is 13.1. The Labute approximate surface area is 278 Å². The summed E-state index contributed by atoms with van der Waals surface area (Å²) in [5.74, 6) is -1.49. The average Bonchev–Trinajstić information content (AvgIpc) is 3.84. The Morgan fingerprint density at radius 3 is 2.19 bits per heavy atom. The number of H-pyrrole nitrogens is 1. The summed E-state index contributed by atoms with van der Waals surface area (Å²) in [5.41, 5.74) is 2.16. The van der Waals surface area contributed by atoms with Gasteiger partial charge in [0.25, 0.3) is 23.6 Å². The maximum absolute atomic E-state index is 13.1. The molecule has 4 aromatic heterocycles. The fourth-order valence-corrected chi connectivity index (χ4v) is 6.71. The molecule has 0 atom stereocenters. The number of hydrogen-bond donors (Lipinski definition) is 5. The zero-order valence-corrected chi connectivity index (χ0v) is 27.3. The second kappa shape index (κ2) is 13.8. The van der Waals surface area contributed by atoms with E-state index in [0.717, 1.165) is 29.7 Å². The molecule has 0 spiro atoms. The number of carbonyl (C=O) groups is 4. The van der Waals surface area contributed by atoms with Crippen LogP contribution < -0.4 is 21.3 Å². The van der Waals surface area contributed by atoms with Crippen molar-refractivity contribution in [1.82, 2.24) is 24.3 Å². The number of aryl methyl sites for hydroxylation is 2. The van der Waals surface area contributed by atoms with Gasteiger partial charge in [0.2, 0.25) is 0 Å². The Bertz CT molecular complexity index is 1970. The van der Waals surface area contributed by atoms with Crippen molar-refractivity contribution in [3.63, 3.8) is 0 Å². The first-order valence-electron chi connectivity index (χ1n) is 14.9. The molecule has 13 nitrogen and oxygen atoms in total. The van der Waals surface area contributed by atoms with Crippen molar-refractivity contribution in [2.24, 2.45) is 14.1 Å². The Morgan fingerprint density at radius 1 is 0.851 bits per heavy atom. The third kappa shape index (κ3) is 7.25. The Hall–Kier alpha value is -4.89. The van der Waals surface area contributed by atoms with Gasteiger partial charge in [-0.25, -0.2) is 0 Å². The van der Waals surface area contributed by atoms with Crippen LogP contribution in [0.3, 0.4) is 0 Å². The van der Waals surface area contributed by atoms with Crippen LogP contribution in [0.2, 0.25) is 5.02 Å². The summed E-state index contributed by atoms with van der Waals surface area (Å²) < 4.78 is 9.49. The molecule has 6 rings (SSSR count). The minimum atomic E-state index is -0.463. The van der Waals surface area contributed by atoms with E-state index in [0.29, 0.717) is 58.1 Å². The molecule has 5 N–H and O–H groups in total. The van der Waals surface area contributed by atoms with Crippen LogP contribution in [0.25, 0.3) is 10.1 Å². The molecule has 1 saturated heterocycles. The van der Waals surface area contributed by atoms with Crippen LogP contribution in [0.15, 0.2) is 61.1 Å². The van der Waals surface area contributed by atoms with Gasteiger partial charge in [-0.1, -0.05) is 29.8 Å². The van der Waals surface area contributed by atoms with Gasteiger partial charge in [-0.05, 0) is 24.3 Å². The zero-order valence-electron chi connectivity index (χ0n) is 25.7. The van der Waals surface area contributed by atoms with Crippen LogP contribution in [0.4, 0.5) is 17.1 Å². The van der Waals surface area contributed by atoms with Crippen molar-refractivity contribution >= 4 is 73.7 Å². The molecule has 0 aliphatic carbocycles. The van der Waals surface area contributed by atoms with E-state index in [9.17, 15) is 19.2 Å². The predicted molar refractivity (Wildman–Crippen MR) is 182 cm³/mol. The summed E-state index contributed by atoms with van der Waals surface area (Å²) in [4.78, 5) is 57.2. The van der Waals surface area contributed by atoms with Gasteiger partial charge in [0.15, 0.2) is 0 Å². The lowest BCUT2D eigenvalue weighted by Crippen LogP contribution is -2.41. The third-order valence-electron chi connectivity index (χ3n) is 7.73. The maximum Gasteiger partial charge on any atom is 0.272 e. The van der Waals surface area contributed by atoms with E-state index in [1.165, 1.54) is 23.6 Å². The number of anilines is 3. The van der Waals surface area contributed by atoms with Crippen LogP contribution in [0, 0.1) is 0 Å². The summed E-state index contributed by atoms with van der Waals surface area (Å²) in [6, 6.07) is 12.2. The van der Waals surface area contributed by atoms with E-state index in [4.69, 9.17) is 16.3 Å². The normalized spacial score (nSPS) is 13.4. The van der Waals surface area contributed by atoms with E-state index >= 15 is 0 Å². The highest BCUT2D eigenvalue weighted by atomic mass is 35.5. The minimum absolute atomic E-state index is 0.206. The average molecular weight is 677 g/mol. The summed E-state index contributed by atoms with van der Waals surface area (Å²) >= 11 is 7.72. The van der Waals surface area contributed by atoms with Crippen LogP contribution in [-0.2, 0) is 18.8 Å². The summed E-state index contributed by atoms with van der Waals surface area (Å²) in [5, 5.41) is 12.5. The number of ether oxygens (including phenoxy) is 1. The van der Waals surface area contributed by atoms with Crippen LogP contribution in [0.1, 0.15) is 41.1 Å². The predicted octanol–water partition coefficient (Wildman–Crippen LogP) is 4.38. The van der Waals surface area contributed by atoms with Crippen molar-refractivity contribution in [3.8, 4) is 0 Å². The van der Waals surface area contributed by atoms with Gasteiger partial charge in [0.1, 0.15) is 22.0 Å². The Balaban J connectivity index is 1.03. The monoisotopic (exact) mass is 676 g/mol. The molecular weight excluding hydrogens is 644 g/mol. The molecule has 0 radical (unpaired) electrons. The summed E-state index contributed by atoms with van der Waals surface area (Å²) in [6.07, 6.45) is 4.79. The minimum Gasteiger partial charge on any atom is -0.379 e. The molecule has 244 valence electrons. The Kier molecular flexibility index (Phi) is 9.45. The van der Waals surface area contributed by atoms with Gasteiger partial charge in [0, 0.05) is 69.0 Å². The number of aromatic nitrogens is 3. The number of hydrogen-bond acceptors (Lipinski definition) is 7. The number of morpholine rings is 1. The molecule has 0 bridgehead atoms. The molecule has 4 amide bonds. The molecule has 0 unspecified atom stereocenters. The number of halogens is 1. The summed E-state index contributed by atoms with van der Waals surface area (Å²) in [6.45, 7) is 4.33. The number of aromatic amines is 1. The molecule has 1 aromatic carbocycles. The lowest BCUT2D eigenvalue weighted by Gasteiger charge is -2.26. The molecule has 15 heteroatoms. The lowest BCUT2D eigenvalue weighted by molar-refractivity contribution is 0.0383. The highest BCUT2D eigenvalue weighted by Crippen LogP contribution is 2.35. The second-order valence-corrected chi connectivity index (χ2v) is 12.5. The fraction of sp³-hybridized carbons (Fsp3) is 0.250. The van der Waals surface area contributed by atoms with Gasteiger partial charge in [-0.15, -0.1) is 11.3 Å². The highest BCUT2D eigenvalue weighted by molar-refractivity contribution is 7.21. The largest absolute Gasteiger partial charge is 0.379 e. The first-order chi connectivity index (χ1) is 22.7. The van der Waals surface area contributed by atoms with Crippen LogP contribution in [-0.4, -0.2) is 82.0 Å². The number of amides is 4. The van der Waals surface area contributed by atoms with Crippen molar-refractivity contribution in [2.75, 3.05) is 55.3 Å². The molecule has 1 aliphatic heterocycles. The van der Waals surface area contributed by atoms with Crippen molar-refractivity contribution in [3.05, 3.63) is 88.0 Å². The molecule has 0 saturated carbocycles. The van der Waals surface area contributed by atoms with Crippen molar-refractivity contribution < 1.29 is 23.9 Å². The third-order valence-corrected chi connectivity index (χ3v) is 9.41. The van der Waals surface area contributed by atoms with Gasteiger partial charge >= 0.3 is 0 Å². The van der Waals surface area contributed by atoms with E-state index in [-0.39, 0.29) is 17.5 Å². The number of benzene rings is 1. The van der Waals surface area contributed by atoms with E-state index in [1.54, 1.807) is 47.8 Å². The Morgan fingerprint density at radius 2 is 1.49 bits per heavy atom. The molecule has 5 heterocycles. The number of rotatable bonds is 10. The molecule has 1 fully saturated rings. The number of nitrogens with zero attached hydrogens (tertiary/aromatic N) is 3. The number of nitrogens with one attached hydrogen (secondary N) is 5. The summed E-state index contributed by atoms with van der Waals surface area (Å²) in [7, 11) is 3.42. The molecule has 1 aliphatic rings. The van der Waals surface area contributed by atoms with Gasteiger partial charge in [-0.2, -0.15) is 0 Å². The van der Waals surface area contributed by atoms with E-state index in [1.807, 2.05) is 24.3 Å². The second-order valence-electron chi connectivity index (χ2n) is 11.1. The van der Waals surface area contributed by atoms with Gasteiger partial charge in [-0.3, -0.25) is 24.1 Å². The SMILES string of the molecule is Cn1cc(NC(=O)c2cc(NC(=O)c3cc(NC(=O)c4sc5ccccc5c4Cl)c[nH]3)cn2C)cc1C(=O)NCCN1CCOCC1. The first-order valence-corrected chi connectivity index (χ1v) is 16.1. The zero-order chi connectivity index (χ0) is 33.1. The van der Waals surface area contributed by atoms with E-state index in [2.05, 4.69) is 31.2 Å². The van der Waals surface area contributed by atoms with E-state index < -0.39 is 11.8 Å². The van der Waals surface area contributed by atoms with Crippen LogP contribution >= 0.6 is 22.9 Å². The van der Waals surface area contributed by atoms with Gasteiger partial charge < -0.3 is 40.1 Å². The van der Waals surface area contributed by atoms with Crippen LogP contribution in [0.5, 0.6) is 0 Å². The fourth-order valence-electron chi connectivity index (χ4n) is 5.30. The quantitative estimate of drug-likeness (QED) is 0.148. The number of fused-ring (bicyclic) bond motifs is 1. The van der Waals surface area contributed by atoms with Crippen molar-refractivity contribution in [2.45, 2.75) is 0 Å².